The molecule has 5 nitrogen and oxygen atoms in total. The predicted octanol–water partition coefficient (Wildman–Crippen LogP) is 2.95. The Morgan fingerprint density at radius 1 is 1.29 bits per heavy atom. The Bertz CT molecular complexity index is 548. The molecule has 0 radical (unpaired) electrons. The molecule has 134 valence electrons. The van der Waals surface area contributed by atoms with Crippen LogP contribution < -0.4 is 16.4 Å². The standard InChI is InChI=1S/C18H27N3O2.ClH/c1-3-4-5-15(11-19)21-17(22)13-6-8-14(9-7-13)20-18(23)16-10-12(16)2;/h6-9,12,15-16H,3-5,10-11,19H2,1-2H3,(H,20,23)(H,21,22);1H. The van der Waals surface area contributed by atoms with Gasteiger partial charge in [0.05, 0.1) is 0 Å². The number of hydrogen-bond acceptors (Lipinski definition) is 3. The fourth-order valence-corrected chi connectivity index (χ4v) is 2.60. The first-order valence-electron chi connectivity index (χ1n) is 8.47. The average Bonchev–Trinajstić information content (AvgIpc) is 3.29. The van der Waals surface area contributed by atoms with Crippen molar-refractivity contribution in [3.8, 4) is 0 Å². The molecular formula is C18H28ClN3O2. The lowest BCUT2D eigenvalue weighted by Gasteiger charge is -2.16. The molecule has 1 aliphatic carbocycles. The molecule has 4 N–H and O–H groups in total. The second kappa shape index (κ2) is 9.64. The Balaban J connectivity index is 0.00000288. The van der Waals surface area contributed by atoms with Crippen LogP contribution in [0.25, 0.3) is 0 Å². The average molecular weight is 354 g/mol. The Morgan fingerprint density at radius 2 is 1.92 bits per heavy atom. The highest BCUT2D eigenvalue weighted by Gasteiger charge is 2.39. The first-order valence-corrected chi connectivity index (χ1v) is 8.47. The van der Waals surface area contributed by atoms with Crippen LogP contribution in [0.5, 0.6) is 0 Å². The van der Waals surface area contributed by atoms with Crippen molar-refractivity contribution in [3.05, 3.63) is 29.8 Å². The Hall–Kier alpha value is -1.59. The van der Waals surface area contributed by atoms with Gasteiger partial charge in [-0.3, -0.25) is 9.59 Å². The third-order valence-electron chi connectivity index (χ3n) is 4.39. The van der Waals surface area contributed by atoms with Crippen molar-refractivity contribution in [2.45, 2.75) is 45.6 Å². The summed E-state index contributed by atoms with van der Waals surface area (Å²) < 4.78 is 0. The lowest BCUT2D eigenvalue weighted by Crippen LogP contribution is -2.40. The van der Waals surface area contributed by atoms with Crippen LogP contribution in [-0.2, 0) is 4.79 Å². The minimum absolute atomic E-state index is 0. The second-order valence-electron chi connectivity index (χ2n) is 6.43. The third-order valence-corrected chi connectivity index (χ3v) is 4.39. The van der Waals surface area contributed by atoms with Gasteiger partial charge in [0.2, 0.25) is 5.91 Å². The molecule has 0 bridgehead atoms. The van der Waals surface area contributed by atoms with Crippen molar-refractivity contribution in [2.75, 3.05) is 11.9 Å². The van der Waals surface area contributed by atoms with Gasteiger partial charge in [-0.15, -0.1) is 12.4 Å². The molecule has 1 fully saturated rings. The molecule has 1 saturated carbocycles. The summed E-state index contributed by atoms with van der Waals surface area (Å²) >= 11 is 0. The molecule has 0 aromatic heterocycles. The van der Waals surface area contributed by atoms with Crippen molar-refractivity contribution >= 4 is 29.9 Å². The van der Waals surface area contributed by atoms with E-state index in [4.69, 9.17) is 5.73 Å². The molecule has 0 aliphatic heterocycles. The molecule has 6 heteroatoms. The lowest BCUT2D eigenvalue weighted by molar-refractivity contribution is -0.117. The van der Waals surface area contributed by atoms with Gasteiger partial charge in [0.15, 0.2) is 0 Å². The van der Waals surface area contributed by atoms with Crippen molar-refractivity contribution in [1.82, 2.24) is 5.32 Å². The Labute approximate surface area is 150 Å². The summed E-state index contributed by atoms with van der Waals surface area (Å²) in [5.41, 5.74) is 7.01. The largest absolute Gasteiger partial charge is 0.348 e. The molecule has 1 aromatic carbocycles. The van der Waals surface area contributed by atoms with Gasteiger partial charge in [0, 0.05) is 29.8 Å². The van der Waals surface area contributed by atoms with E-state index >= 15 is 0 Å². The summed E-state index contributed by atoms with van der Waals surface area (Å²) in [4.78, 5) is 24.1. The van der Waals surface area contributed by atoms with Gasteiger partial charge in [0.1, 0.15) is 0 Å². The number of carbonyl (C=O) groups is 2. The minimum Gasteiger partial charge on any atom is -0.348 e. The number of anilines is 1. The molecular weight excluding hydrogens is 326 g/mol. The number of amides is 2. The number of hydrogen-bond donors (Lipinski definition) is 3. The lowest BCUT2D eigenvalue weighted by atomic mass is 10.1. The molecule has 1 aromatic rings. The van der Waals surface area contributed by atoms with Crippen molar-refractivity contribution in [2.24, 2.45) is 17.6 Å². The first-order chi connectivity index (χ1) is 11.0. The number of halogens is 1. The van der Waals surface area contributed by atoms with Crippen LogP contribution in [0, 0.1) is 11.8 Å². The highest BCUT2D eigenvalue weighted by Crippen LogP contribution is 2.38. The van der Waals surface area contributed by atoms with E-state index in [-0.39, 0.29) is 36.2 Å². The van der Waals surface area contributed by atoms with Gasteiger partial charge >= 0.3 is 0 Å². The third kappa shape index (κ3) is 5.80. The van der Waals surface area contributed by atoms with Crippen LogP contribution in [0.3, 0.4) is 0 Å². The highest BCUT2D eigenvalue weighted by molar-refractivity contribution is 5.97. The molecule has 2 rings (SSSR count). The van der Waals surface area contributed by atoms with Crippen molar-refractivity contribution in [3.63, 3.8) is 0 Å². The monoisotopic (exact) mass is 353 g/mol. The maximum atomic E-state index is 12.2. The van der Waals surface area contributed by atoms with Gasteiger partial charge in [-0.2, -0.15) is 0 Å². The zero-order valence-electron chi connectivity index (χ0n) is 14.4. The summed E-state index contributed by atoms with van der Waals surface area (Å²) in [6, 6.07) is 7.01. The predicted molar refractivity (Wildman–Crippen MR) is 99.4 cm³/mol. The highest BCUT2D eigenvalue weighted by atomic mass is 35.5. The molecule has 2 amide bonds. The fourth-order valence-electron chi connectivity index (χ4n) is 2.60. The Morgan fingerprint density at radius 3 is 2.42 bits per heavy atom. The quantitative estimate of drug-likeness (QED) is 0.671. The van der Waals surface area contributed by atoms with Crippen LogP contribution >= 0.6 is 12.4 Å². The fraction of sp³-hybridized carbons (Fsp3) is 0.556. The molecule has 3 unspecified atom stereocenters. The van der Waals surface area contributed by atoms with Crippen molar-refractivity contribution < 1.29 is 9.59 Å². The molecule has 3 atom stereocenters. The van der Waals surface area contributed by atoms with E-state index in [1.165, 1.54) is 0 Å². The maximum Gasteiger partial charge on any atom is 0.251 e. The summed E-state index contributed by atoms with van der Waals surface area (Å²) in [5, 5.41) is 5.85. The van der Waals surface area contributed by atoms with Gasteiger partial charge < -0.3 is 16.4 Å². The smallest absolute Gasteiger partial charge is 0.251 e. The topological polar surface area (TPSA) is 84.2 Å². The van der Waals surface area contributed by atoms with E-state index in [9.17, 15) is 9.59 Å². The van der Waals surface area contributed by atoms with Crippen LogP contribution in [-0.4, -0.2) is 24.4 Å². The van der Waals surface area contributed by atoms with E-state index in [2.05, 4.69) is 24.5 Å². The van der Waals surface area contributed by atoms with E-state index < -0.39 is 0 Å². The summed E-state index contributed by atoms with van der Waals surface area (Å²) in [7, 11) is 0. The number of benzene rings is 1. The van der Waals surface area contributed by atoms with E-state index in [1.54, 1.807) is 24.3 Å². The number of nitrogens with two attached hydrogens (primary N) is 1. The van der Waals surface area contributed by atoms with Crippen LogP contribution in [0.4, 0.5) is 5.69 Å². The van der Waals surface area contributed by atoms with Gasteiger partial charge in [0.25, 0.3) is 5.91 Å². The van der Waals surface area contributed by atoms with Gasteiger partial charge in [-0.1, -0.05) is 26.7 Å². The first kappa shape index (κ1) is 20.5. The number of rotatable bonds is 8. The van der Waals surface area contributed by atoms with Crippen molar-refractivity contribution in [1.29, 1.82) is 0 Å². The van der Waals surface area contributed by atoms with Gasteiger partial charge in [-0.25, -0.2) is 0 Å². The zero-order valence-corrected chi connectivity index (χ0v) is 15.2. The molecule has 0 saturated heterocycles. The van der Waals surface area contributed by atoms with E-state index in [0.717, 1.165) is 31.4 Å². The molecule has 0 heterocycles. The van der Waals surface area contributed by atoms with E-state index in [0.29, 0.717) is 18.0 Å². The number of nitrogens with one attached hydrogen (secondary N) is 2. The summed E-state index contributed by atoms with van der Waals surface area (Å²) in [5.74, 6) is 0.570. The summed E-state index contributed by atoms with van der Waals surface area (Å²) in [6.45, 7) is 4.63. The number of unbranched alkanes of at least 4 members (excludes halogenated alkanes) is 1. The minimum atomic E-state index is -0.120. The number of carbonyl (C=O) groups excluding carboxylic acids is 2. The zero-order chi connectivity index (χ0) is 16.8. The normalized spacial score (nSPS) is 19.8. The Kier molecular flexibility index (Phi) is 8.22. The van der Waals surface area contributed by atoms with E-state index in [1.807, 2.05) is 0 Å². The molecule has 1 aliphatic rings. The SMILES string of the molecule is CCCCC(CN)NC(=O)c1ccc(NC(=O)C2CC2C)cc1.Cl. The summed E-state index contributed by atoms with van der Waals surface area (Å²) in [6.07, 6.45) is 3.99. The van der Waals surface area contributed by atoms with Crippen LogP contribution in [0.15, 0.2) is 24.3 Å². The maximum absolute atomic E-state index is 12.2. The van der Waals surface area contributed by atoms with Gasteiger partial charge in [-0.05, 0) is 43.0 Å². The molecule has 0 spiro atoms. The molecule has 24 heavy (non-hydrogen) atoms. The van der Waals surface area contributed by atoms with Crippen LogP contribution in [0.2, 0.25) is 0 Å². The van der Waals surface area contributed by atoms with Crippen LogP contribution in [0.1, 0.15) is 49.9 Å². The second-order valence-corrected chi connectivity index (χ2v) is 6.43.